The van der Waals surface area contributed by atoms with E-state index in [4.69, 9.17) is 5.73 Å². The third-order valence-corrected chi connectivity index (χ3v) is 3.37. The van der Waals surface area contributed by atoms with E-state index in [1.807, 2.05) is 30.3 Å². The first-order valence-electron chi connectivity index (χ1n) is 5.88. The summed E-state index contributed by atoms with van der Waals surface area (Å²) in [4.78, 5) is 9.50. The van der Waals surface area contributed by atoms with Crippen LogP contribution >= 0.6 is 11.8 Å². The van der Waals surface area contributed by atoms with E-state index in [1.54, 1.807) is 18.1 Å². The van der Waals surface area contributed by atoms with Crippen LogP contribution in [0.4, 0.5) is 11.5 Å². The van der Waals surface area contributed by atoms with E-state index >= 15 is 0 Å². The molecule has 1 heterocycles. The molecule has 0 amide bonds. The molecule has 18 heavy (non-hydrogen) atoms. The minimum Gasteiger partial charge on any atom is -0.394 e. The molecule has 94 valence electrons. The molecule has 1 aromatic carbocycles. The Morgan fingerprint density at radius 3 is 2.72 bits per heavy atom. The highest BCUT2D eigenvalue weighted by molar-refractivity contribution is 7.99. The monoisotopic (exact) mass is 260 g/mol. The van der Waals surface area contributed by atoms with Gasteiger partial charge < -0.3 is 11.1 Å². The first kappa shape index (κ1) is 12.7. The van der Waals surface area contributed by atoms with Crippen LogP contribution in [-0.2, 0) is 0 Å². The molecule has 5 heteroatoms. The molecule has 0 bridgehead atoms. The topological polar surface area (TPSA) is 63.8 Å². The fourth-order valence-corrected chi connectivity index (χ4v) is 2.27. The number of rotatable bonds is 5. The van der Waals surface area contributed by atoms with Crippen molar-refractivity contribution in [3.63, 3.8) is 0 Å². The Morgan fingerprint density at radius 2 is 2.00 bits per heavy atom. The molecule has 0 aliphatic carbocycles. The van der Waals surface area contributed by atoms with Crippen LogP contribution in [0.3, 0.4) is 0 Å². The van der Waals surface area contributed by atoms with E-state index < -0.39 is 0 Å². The molecule has 3 N–H and O–H groups in total. The Labute approximate surface area is 111 Å². The number of nitrogens with two attached hydrogens (primary N) is 1. The number of nitrogens with zero attached hydrogens (tertiary/aromatic N) is 2. The van der Waals surface area contributed by atoms with Gasteiger partial charge in [-0.25, -0.2) is 9.97 Å². The molecular weight excluding hydrogens is 244 g/mol. The largest absolute Gasteiger partial charge is 0.394 e. The van der Waals surface area contributed by atoms with Crippen molar-refractivity contribution in [1.29, 1.82) is 0 Å². The molecule has 0 unspecified atom stereocenters. The van der Waals surface area contributed by atoms with Crippen molar-refractivity contribution in [2.45, 2.75) is 23.3 Å². The highest BCUT2D eigenvalue weighted by Gasteiger charge is 2.08. The van der Waals surface area contributed by atoms with Crippen LogP contribution in [-0.4, -0.2) is 16.5 Å². The van der Waals surface area contributed by atoms with Crippen LogP contribution in [0.1, 0.15) is 13.3 Å². The molecule has 0 fully saturated rings. The first-order valence-corrected chi connectivity index (χ1v) is 6.70. The molecular formula is C13H16N4S. The Balaban J connectivity index is 2.18. The molecule has 0 saturated heterocycles. The molecule has 2 aromatic rings. The van der Waals surface area contributed by atoms with E-state index in [9.17, 15) is 0 Å². The predicted molar refractivity (Wildman–Crippen MR) is 75.8 cm³/mol. The number of hydrogen-bond donors (Lipinski definition) is 2. The smallest absolute Gasteiger partial charge is 0.153 e. The van der Waals surface area contributed by atoms with E-state index in [0.717, 1.165) is 22.9 Å². The Bertz CT molecular complexity index is 502. The van der Waals surface area contributed by atoms with Crippen molar-refractivity contribution in [2.75, 3.05) is 17.6 Å². The second-order valence-corrected chi connectivity index (χ2v) is 4.85. The number of aromatic nitrogens is 2. The lowest BCUT2D eigenvalue weighted by Crippen LogP contribution is -2.06. The van der Waals surface area contributed by atoms with Crippen LogP contribution in [0, 0.1) is 0 Å². The first-order chi connectivity index (χ1) is 8.81. The van der Waals surface area contributed by atoms with Crippen LogP contribution in [0.15, 0.2) is 46.6 Å². The number of nitrogen functional groups attached to an aromatic ring is 1. The number of nitrogens with one attached hydrogen (secondary N) is 1. The third-order valence-electron chi connectivity index (χ3n) is 2.35. The van der Waals surface area contributed by atoms with Gasteiger partial charge in [0.2, 0.25) is 0 Å². The number of anilines is 2. The second-order valence-electron chi connectivity index (χ2n) is 3.78. The maximum Gasteiger partial charge on any atom is 0.153 e. The van der Waals surface area contributed by atoms with Gasteiger partial charge in [0.1, 0.15) is 17.0 Å². The van der Waals surface area contributed by atoms with E-state index in [2.05, 4.69) is 22.2 Å². The Hall–Kier alpha value is -1.75. The lowest BCUT2D eigenvalue weighted by molar-refractivity contribution is 0.956. The standard InChI is InChI=1S/C13H16N4S/c1-2-8-15-12-11(14)13(17-9-16-12)18-10-6-4-3-5-7-10/h3-7,9H,2,8,14H2,1H3,(H,15,16,17). The van der Waals surface area contributed by atoms with Gasteiger partial charge in [-0.3, -0.25) is 0 Å². The molecule has 0 radical (unpaired) electrons. The van der Waals surface area contributed by atoms with Crippen LogP contribution < -0.4 is 11.1 Å². The minimum absolute atomic E-state index is 0.611. The molecule has 0 atom stereocenters. The maximum atomic E-state index is 6.06. The van der Waals surface area contributed by atoms with Crippen LogP contribution in [0.5, 0.6) is 0 Å². The molecule has 0 aliphatic rings. The zero-order valence-electron chi connectivity index (χ0n) is 10.3. The fourth-order valence-electron chi connectivity index (χ4n) is 1.45. The summed E-state index contributed by atoms with van der Waals surface area (Å²) in [6, 6.07) is 10.0. The third kappa shape index (κ3) is 3.13. The number of hydrogen-bond acceptors (Lipinski definition) is 5. The average molecular weight is 260 g/mol. The Kier molecular flexibility index (Phi) is 4.41. The molecule has 1 aromatic heterocycles. The molecule has 2 rings (SSSR count). The van der Waals surface area contributed by atoms with Gasteiger partial charge in [0.25, 0.3) is 0 Å². The summed E-state index contributed by atoms with van der Waals surface area (Å²) >= 11 is 1.55. The van der Waals surface area contributed by atoms with Gasteiger partial charge >= 0.3 is 0 Å². The summed E-state index contributed by atoms with van der Waals surface area (Å²) in [5.74, 6) is 0.713. The lowest BCUT2D eigenvalue weighted by Gasteiger charge is -2.09. The van der Waals surface area contributed by atoms with Gasteiger partial charge in [-0.1, -0.05) is 36.9 Å². The van der Waals surface area contributed by atoms with Crippen molar-refractivity contribution < 1.29 is 0 Å². The highest BCUT2D eigenvalue weighted by atomic mass is 32.2. The van der Waals surface area contributed by atoms with E-state index in [0.29, 0.717) is 11.5 Å². The van der Waals surface area contributed by atoms with Crippen LogP contribution in [0.25, 0.3) is 0 Å². The van der Waals surface area contributed by atoms with Gasteiger partial charge in [-0.15, -0.1) is 0 Å². The summed E-state index contributed by atoms with van der Waals surface area (Å²) in [5, 5.41) is 3.99. The summed E-state index contributed by atoms with van der Waals surface area (Å²) in [6.07, 6.45) is 2.57. The minimum atomic E-state index is 0.611. The van der Waals surface area contributed by atoms with Gasteiger partial charge in [0.05, 0.1) is 0 Å². The Morgan fingerprint density at radius 1 is 1.22 bits per heavy atom. The summed E-state index contributed by atoms with van der Waals surface area (Å²) < 4.78 is 0. The summed E-state index contributed by atoms with van der Waals surface area (Å²) in [5.41, 5.74) is 6.67. The quantitative estimate of drug-likeness (QED) is 0.809. The van der Waals surface area contributed by atoms with Crippen molar-refractivity contribution in [2.24, 2.45) is 0 Å². The van der Waals surface area contributed by atoms with Crippen molar-refractivity contribution in [3.8, 4) is 0 Å². The molecule has 4 nitrogen and oxygen atoms in total. The SMILES string of the molecule is CCCNc1ncnc(Sc2ccccc2)c1N. The number of benzene rings is 1. The van der Waals surface area contributed by atoms with Crippen LogP contribution in [0.2, 0.25) is 0 Å². The molecule has 0 aliphatic heterocycles. The van der Waals surface area contributed by atoms with Gasteiger partial charge in [0, 0.05) is 11.4 Å². The zero-order chi connectivity index (χ0) is 12.8. The normalized spacial score (nSPS) is 10.3. The second kappa shape index (κ2) is 6.26. The maximum absolute atomic E-state index is 6.06. The van der Waals surface area contributed by atoms with Gasteiger partial charge in [0.15, 0.2) is 5.82 Å². The average Bonchev–Trinajstić information content (AvgIpc) is 2.41. The molecule has 0 saturated carbocycles. The van der Waals surface area contributed by atoms with Gasteiger partial charge in [-0.05, 0) is 18.6 Å². The fraction of sp³-hybridized carbons (Fsp3) is 0.231. The lowest BCUT2D eigenvalue weighted by atomic mass is 10.4. The molecule has 0 spiro atoms. The van der Waals surface area contributed by atoms with Crippen molar-refractivity contribution >= 4 is 23.3 Å². The van der Waals surface area contributed by atoms with Gasteiger partial charge in [-0.2, -0.15) is 0 Å². The zero-order valence-corrected chi connectivity index (χ0v) is 11.1. The summed E-state index contributed by atoms with van der Waals surface area (Å²) in [6.45, 7) is 2.96. The predicted octanol–water partition coefficient (Wildman–Crippen LogP) is 3.03. The van der Waals surface area contributed by atoms with E-state index in [-0.39, 0.29) is 0 Å². The van der Waals surface area contributed by atoms with E-state index in [1.165, 1.54) is 0 Å². The van der Waals surface area contributed by atoms with Crippen molar-refractivity contribution in [3.05, 3.63) is 36.7 Å². The van der Waals surface area contributed by atoms with Crippen molar-refractivity contribution in [1.82, 2.24) is 9.97 Å². The highest BCUT2D eigenvalue weighted by Crippen LogP contribution is 2.32. The summed E-state index contributed by atoms with van der Waals surface area (Å²) in [7, 11) is 0.